The second-order valence-corrected chi connectivity index (χ2v) is 3.66. The first-order valence-corrected chi connectivity index (χ1v) is 4.87. The van der Waals surface area contributed by atoms with Crippen molar-refractivity contribution >= 4 is 0 Å². The van der Waals surface area contributed by atoms with Crippen LogP contribution in [0.4, 0.5) is 0 Å². The molecular formula is C11H18N2O. The molecule has 0 radical (unpaired) electrons. The molecule has 1 aromatic carbocycles. The van der Waals surface area contributed by atoms with E-state index in [1.807, 2.05) is 26.0 Å². The van der Waals surface area contributed by atoms with E-state index in [4.69, 9.17) is 11.5 Å². The van der Waals surface area contributed by atoms with Crippen LogP contribution < -0.4 is 11.5 Å². The van der Waals surface area contributed by atoms with Crippen molar-refractivity contribution in [2.75, 3.05) is 0 Å². The third-order valence-corrected chi connectivity index (χ3v) is 2.48. The molecule has 14 heavy (non-hydrogen) atoms. The summed E-state index contributed by atoms with van der Waals surface area (Å²) in [5, 5.41) is 9.67. The van der Waals surface area contributed by atoms with Gasteiger partial charge < -0.3 is 16.6 Å². The predicted molar refractivity (Wildman–Crippen MR) is 58.0 cm³/mol. The molecule has 5 N–H and O–H groups in total. The van der Waals surface area contributed by atoms with Crippen LogP contribution in [-0.4, -0.2) is 11.1 Å². The first kappa shape index (κ1) is 11.0. The Bertz CT molecular complexity index is 312. The Labute approximate surface area is 84.7 Å². The van der Waals surface area contributed by atoms with Crippen molar-refractivity contribution < 1.29 is 5.11 Å². The van der Waals surface area contributed by atoms with Crippen molar-refractivity contribution in [2.24, 2.45) is 11.5 Å². The molecule has 0 amide bonds. The van der Waals surface area contributed by atoms with Gasteiger partial charge in [0, 0.05) is 17.6 Å². The van der Waals surface area contributed by atoms with Crippen molar-refractivity contribution in [3.63, 3.8) is 0 Å². The average molecular weight is 194 g/mol. The van der Waals surface area contributed by atoms with Gasteiger partial charge in [0.2, 0.25) is 0 Å². The molecule has 0 heterocycles. The smallest absolute Gasteiger partial charge is 0.120 e. The highest BCUT2D eigenvalue weighted by atomic mass is 16.3. The Morgan fingerprint density at radius 2 is 2.00 bits per heavy atom. The third kappa shape index (κ3) is 2.25. The number of aryl methyl sites for hydroxylation is 1. The van der Waals surface area contributed by atoms with E-state index >= 15 is 0 Å². The summed E-state index contributed by atoms with van der Waals surface area (Å²) in [5.74, 6) is 0.237. The van der Waals surface area contributed by atoms with Crippen LogP contribution in [0.25, 0.3) is 0 Å². The maximum atomic E-state index is 9.67. The number of benzene rings is 1. The van der Waals surface area contributed by atoms with Crippen LogP contribution in [0.2, 0.25) is 0 Å². The van der Waals surface area contributed by atoms with E-state index < -0.39 is 0 Å². The van der Waals surface area contributed by atoms with Crippen LogP contribution in [0, 0.1) is 6.92 Å². The monoisotopic (exact) mass is 194 g/mol. The van der Waals surface area contributed by atoms with Gasteiger partial charge in [-0.1, -0.05) is 19.1 Å². The van der Waals surface area contributed by atoms with Crippen molar-refractivity contribution in [3.8, 4) is 5.75 Å². The number of hydrogen-bond donors (Lipinski definition) is 3. The number of phenols is 1. The van der Waals surface area contributed by atoms with Gasteiger partial charge in [0.05, 0.1) is 0 Å². The molecule has 0 spiro atoms. The molecule has 0 unspecified atom stereocenters. The SMILES string of the molecule is CC[C@H](N)[C@@H](N)c1ccc(C)cc1O. The van der Waals surface area contributed by atoms with E-state index in [0.717, 1.165) is 17.5 Å². The first-order chi connectivity index (χ1) is 6.56. The van der Waals surface area contributed by atoms with Crippen molar-refractivity contribution in [3.05, 3.63) is 29.3 Å². The van der Waals surface area contributed by atoms with Gasteiger partial charge in [-0.05, 0) is 25.0 Å². The van der Waals surface area contributed by atoms with Crippen LogP contribution in [-0.2, 0) is 0 Å². The van der Waals surface area contributed by atoms with Gasteiger partial charge in [-0.25, -0.2) is 0 Å². The van der Waals surface area contributed by atoms with E-state index in [1.54, 1.807) is 6.07 Å². The molecule has 0 fully saturated rings. The molecule has 0 saturated carbocycles. The largest absolute Gasteiger partial charge is 0.508 e. The summed E-state index contributed by atoms with van der Waals surface area (Å²) in [5.41, 5.74) is 13.5. The van der Waals surface area contributed by atoms with Gasteiger partial charge in [0.25, 0.3) is 0 Å². The maximum Gasteiger partial charge on any atom is 0.120 e. The molecular weight excluding hydrogens is 176 g/mol. The van der Waals surface area contributed by atoms with Gasteiger partial charge in [-0.3, -0.25) is 0 Å². The van der Waals surface area contributed by atoms with Crippen molar-refractivity contribution in [2.45, 2.75) is 32.4 Å². The molecule has 1 aromatic rings. The fourth-order valence-corrected chi connectivity index (χ4v) is 1.42. The molecule has 0 aromatic heterocycles. The summed E-state index contributed by atoms with van der Waals surface area (Å²) in [6.07, 6.45) is 0.800. The molecule has 0 aliphatic carbocycles. The molecule has 0 aliphatic heterocycles. The lowest BCUT2D eigenvalue weighted by atomic mass is 9.97. The van der Waals surface area contributed by atoms with Gasteiger partial charge in [0.1, 0.15) is 5.75 Å². The van der Waals surface area contributed by atoms with E-state index in [-0.39, 0.29) is 17.8 Å². The minimum atomic E-state index is -0.291. The fourth-order valence-electron chi connectivity index (χ4n) is 1.42. The zero-order chi connectivity index (χ0) is 10.7. The molecule has 2 atom stereocenters. The van der Waals surface area contributed by atoms with Crippen LogP contribution in [0.5, 0.6) is 5.75 Å². The normalized spacial score (nSPS) is 15.1. The summed E-state index contributed by atoms with van der Waals surface area (Å²) < 4.78 is 0. The average Bonchev–Trinajstić information content (AvgIpc) is 2.15. The van der Waals surface area contributed by atoms with E-state index in [2.05, 4.69) is 0 Å². The predicted octanol–water partition coefficient (Wildman–Crippen LogP) is 1.44. The summed E-state index contributed by atoms with van der Waals surface area (Å²) in [4.78, 5) is 0. The van der Waals surface area contributed by atoms with Crippen LogP contribution in [0.1, 0.15) is 30.5 Å². The number of hydrogen-bond acceptors (Lipinski definition) is 3. The van der Waals surface area contributed by atoms with Gasteiger partial charge in [0.15, 0.2) is 0 Å². The summed E-state index contributed by atoms with van der Waals surface area (Å²) >= 11 is 0. The van der Waals surface area contributed by atoms with Crippen molar-refractivity contribution in [1.29, 1.82) is 0 Å². The van der Waals surface area contributed by atoms with Gasteiger partial charge in [-0.15, -0.1) is 0 Å². The van der Waals surface area contributed by atoms with Crippen molar-refractivity contribution in [1.82, 2.24) is 0 Å². The number of rotatable bonds is 3. The summed E-state index contributed by atoms with van der Waals surface area (Å²) in [6.45, 7) is 3.91. The Hall–Kier alpha value is -1.06. The Morgan fingerprint density at radius 3 is 2.50 bits per heavy atom. The molecule has 0 saturated heterocycles. The molecule has 1 rings (SSSR count). The lowest BCUT2D eigenvalue weighted by Gasteiger charge is -2.19. The third-order valence-electron chi connectivity index (χ3n) is 2.48. The number of aromatic hydroxyl groups is 1. The van der Waals surface area contributed by atoms with Crippen LogP contribution in [0.3, 0.4) is 0 Å². The molecule has 3 heteroatoms. The van der Waals surface area contributed by atoms with Crippen LogP contribution >= 0.6 is 0 Å². The van der Waals surface area contributed by atoms with Crippen LogP contribution in [0.15, 0.2) is 18.2 Å². The lowest BCUT2D eigenvalue weighted by Crippen LogP contribution is -2.33. The number of phenolic OH excluding ortho intramolecular Hbond substituents is 1. The quantitative estimate of drug-likeness (QED) is 0.681. The highest BCUT2D eigenvalue weighted by molar-refractivity contribution is 5.38. The second-order valence-electron chi connectivity index (χ2n) is 3.66. The molecule has 3 nitrogen and oxygen atoms in total. The number of nitrogens with two attached hydrogens (primary N) is 2. The molecule has 0 bridgehead atoms. The Kier molecular flexibility index (Phi) is 3.49. The Morgan fingerprint density at radius 1 is 1.36 bits per heavy atom. The standard InChI is InChI=1S/C11H18N2O/c1-3-9(12)11(13)8-5-4-7(2)6-10(8)14/h4-6,9,11,14H,3,12-13H2,1-2H3/t9-,11-/m0/s1. The van der Waals surface area contributed by atoms with E-state index in [0.29, 0.717) is 0 Å². The topological polar surface area (TPSA) is 72.3 Å². The summed E-state index contributed by atoms with van der Waals surface area (Å²) in [6, 6.07) is 5.07. The molecule has 0 aliphatic rings. The Balaban J connectivity index is 2.95. The molecule has 78 valence electrons. The van der Waals surface area contributed by atoms with E-state index in [1.165, 1.54) is 0 Å². The first-order valence-electron chi connectivity index (χ1n) is 4.87. The van der Waals surface area contributed by atoms with Gasteiger partial charge in [-0.2, -0.15) is 0 Å². The highest BCUT2D eigenvalue weighted by Crippen LogP contribution is 2.25. The summed E-state index contributed by atoms with van der Waals surface area (Å²) in [7, 11) is 0. The minimum Gasteiger partial charge on any atom is -0.508 e. The minimum absolute atomic E-state index is 0.108. The maximum absolute atomic E-state index is 9.67. The van der Waals surface area contributed by atoms with E-state index in [9.17, 15) is 5.11 Å². The zero-order valence-electron chi connectivity index (χ0n) is 8.70. The second kappa shape index (κ2) is 4.44. The lowest BCUT2D eigenvalue weighted by molar-refractivity contribution is 0.446. The van der Waals surface area contributed by atoms with Gasteiger partial charge >= 0.3 is 0 Å². The zero-order valence-corrected chi connectivity index (χ0v) is 8.70. The highest BCUT2D eigenvalue weighted by Gasteiger charge is 2.16. The fraction of sp³-hybridized carbons (Fsp3) is 0.455.